The van der Waals surface area contributed by atoms with Crippen molar-refractivity contribution in [1.29, 1.82) is 0 Å². The van der Waals surface area contributed by atoms with Crippen molar-refractivity contribution in [3.05, 3.63) is 49.7 Å². The summed E-state index contributed by atoms with van der Waals surface area (Å²) < 4.78 is 0. The molecule has 0 aromatic heterocycles. The maximum absolute atomic E-state index is 4.06. The first-order valence-electron chi connectivity index (χ1n) is 7.39. The zero-order chi connectivity index (χ0) is 14.3. The van der Waals surface area contributed by atoms with Gasteiger partial charge >= 0.3 is 19.5 Å². The van der Waals surface area contributed by atoms with Crippen LogP contribution in [0.25, 0.3) is 0 Å². The van der Waals surface area contributed by atoms with E-state index in [0.717, 1.165) is 19.3 Å². The Hall–Kier alpha value is -0.597. The average molecular weight is 322 g/mol. The van der Waals surface area contributed by atoms with Gasteiger partial charge in [0.15, 0.2) is 0 Å². The number of unbranched alkanes of at least 4 members (excludes halogenated alkanes) is 3. The van der Waals surface area contributed by atoms with Crippen molar-refractivity contribution >= 4 is 0 Å². The van der Waals surface area contributed by atoms with E-state index < -0.39 is 0 Å². The third-order valence-electron chi connectivity index (χ3n) is 2.64. The summed E-state index contributed by atoms with van der Waals surface area (Å²) in [7, 11) is 0. The number of rotatable bonds is 5. The summed E-state index contributed by atoms with van der Waals surface area (Å²) >= 11 is 0. The van der Waals surface area contributed by atoms with Gasteiger partial charge in [-0.25, -0.2) is 0 Å². The molecule has 0 N–H and O–H groups in total. The van der Waals surface area contributed by atoms with Gasteiger partial charge in [0.2, 0.25) is 0 Å². The molecule has 1 aromatic rings. The quantitative estimate of drug-likeness (QED) is 0.291. The zero-order valence-corrected chi connectivity index (χ0v) is 16.3. The summed E-state index contributed by atoms with van der Waals surface area (Å²) in [6.45, 7) is 12.0. The van der Waals surface area contributed by atoms with Crippen molar-refractivity contribution in [2.75, 3.05) is 0 Å². The molecule has 0 aliphatic carbocycles. The van der Waals surface area contributed by atoms with Gasteiger partial charge in [-0.1, -0.05) is 57.0 Å². The Kier molecular flexibility index (Phi) is 17.9. The molecule has 0 aliphatic rings. The molecular formula is C19H28Zn. The van der Waals surface area contributed by atoms with Crippen LogP contribution in [0, 0.1) is 31.6 Å². The Bertz CT molecular complexity index is 343. The summed E-state index contributed by atoms with van der Waals surface area (Å²) in [4.78, 5) is 0. The van der Waals surface area contributed by atoms with Crippen molar-refractivity contribution in [1.82, 2.24) is 0 Å². The molecule has 1 aromatic carbocycles. The second-order valence-electron chi connectivity index (χ2n) is 4.66. The summed E-state index contributed by atoms with van der Waals surface area (Å²) in [6.07, 6.45) is 6.66. The molecule has 0 heterocycles. The molecule has 1 unspecified atom stereocenters. The molecule has 0 spiro atoms. The van der Waals surface area contributed by atoms with Gasteiger partial charge in [-0.15, -0.1) is 17.8 Å². The van der Waals surface area contributed by atoms with Gasteiger partial charge in [0.05, 0.1) is 0 Å². The normalized spacial score (nSPS) is 10.2. The summed E-state index contributed by atoms with van der Waals surface area (Å²) in [6, 6.07) is 10.4. The van der Waals surface area contributed by atoms with Crippen LogP contribution in [0.4, 0.5) is 0 Å². The molecule has 0 radical (unpaired) electrons. The summed E-state index contributed by atoms with van der Waals surface area (Å²) in [5.41, 5.74) is 1.32. The minimum atomic E-state index is 0. The molecule has 0 saturated carbocycles. The van der Waals surface area contributed by atoms with Crippen molar-refractivity contribution < 1.29 is 19.5 Å². The van der Waals surface area contributed by atoms with Gasteiger partial charge in [-0.2, -0.15) is 6.42 Å². The standard InChI is InChI=1S/C15H19.C4H9.Zn/c1-3-4-5-7-10-14(2)13-15-11-8-6-9-12-15;1-3-4-2;/h6,8-9,11-12,14H,2-5,13H2,1H3;1,3-4H2,2H3;/q2*-1;+2. The van der Waals surface area contributed by atoms with Gasteiger partial charge in [0.25, 0.3) is 0 Å². The smallest absolute Gasteiger partial charge is 0.343 e. The second kappa shape index (κ2) is 16.5. The monoisotopic (exact) mass is 320 g/mol. The Morgan fingerprint density at radius 1 is 1.10 bits per heavy atom. The molecular weight excluding hydrogens is 294 g/mol. The van der Waals surface area contributed by atoms with Crippen LogP contribution >= 0.6 is 0 Å². The molecule has 0 bridgehead atoms. The molecule has 0 saturated heterocycles. The Morgan fingerprint density at radius 3 is 2.20 bits per heavy atom. The predicted molar refractivity (Wildman–Crippen MR) is 86.6 cm³/mol. The van der Waals surface area contributed by atoms with Gasteiger partial charge in [-0.3, -0.25) is 0 Å². The Labute approximate surface area is 139 Å². The van der Waals surface area contributed by atoms with Gasteiger partial charge in [0.1, 0.15) is 0 Å². The molecule has 106 valence electrons. The van der Waals surface area contributed by atoms with Crippen molar-refractivity contribution in [2.45, 2.75) is 52.4 Å². The molecule has 20 heavy (non-hydrogen) atoms. The van der Waals surface area contributed by atoms with Crippen LogP contribution in [0.3, 0.4) is 0 Å². The molecule has 0 nitrogen and oxygen atoms in total. The fourth-order valence-corrected chi connectivity index (χ4v) is 1.43. The largest absolute Gasteiger partial charge is 2.00 e. The van der Waals surface area contributed by atoms with Crippen LogP contribution in [0.2, 0.25) is 0 Å². The summed E-state index contributed by atoms with van der Waals surface area (Å²) in [5, 5.41) is 0. The topological polar surface area (TPSA) is 0 Å². The van der Waals surface area contributed by atoms with Crippen LogP contribution in [0.5, 0.6) is 0 Å². The van der Waals surface area contributed by atoms with Crippen LogP contribution in [0.15, 0.2) is 30.3 Å². The van der Waals surface area contributed by atoms with E-state index in [4.69, 9.17) is 0 Å². The first-order valence-corrected chi connectivity index (χ1v) is 7.39. The van der Waals surface area contributed by atoms with Crippen molar-refractivity contribution in [2.24, 2.45) is 5.92 Å². The van der Waals surface area contributed by atoms with E-state index in [1.165, 1.54) is 24.8 Å². The number of benzene rings is 1. The maximum Gasteiger partial charge on any atom is 2.00 e. The fraction of sp³-hybridized carbons (Fsp3) is 0.474. The SMILES string of the molecule is [CH2-]C(C#CCCCC)Cc1ccccc1.[CH2-]CCC.[Zn+2]. The molecule has 0 fully saturated rings. The second-order valence-corrected chi connectivity index (χ2v) is 4.66. The van der Waals surface area contributed by atoms with E-state index in [-0.39, 0.29) is 25.4 Å². The minimum absolute atomic E-state index is 0. The summed E-state index contributed by atoms with van der Waals surface area (Å²) in [5.74, 6) is 6.62. The third-order valence-corrected chi connectivity index (χ3v) is 2.64. The maximum atomic E-state index is 4.06. The van der Waals surface area contributed by atoms with Crippen LogP contribution < -0.4 is 0 Å². The number of hydrogen-bond donors (Lipinski definition) is 0. The first kappa shape index (κ1) is 21.7. The number of hydrogen-bond acceptors (Lipinski definition) is 0. The van der Waals surface area contributed by atoms with E-state index in [9.17, 15) is 0 Å². The van der Waals surface area contributed by atoms with E-state index in [1.807, 2.05) is 6.07 Å². The fourth-order valence-electron chi connectivity index (χ4n) is 1.43. The third kappa shape index (κ3) is 13.8. The van der Waals surface area contributed by atoms with E-state index in [0.29, 0.717) is 0 Å². The molecule has 1 heteroatoms. The van der Waals surface area contributed by atoms with Gasteiger partial charge < -0.3 is 13.8 Å². The predicted octanol–water partition coefficient (Wildman–Crippen LogP) is 5.49. The van der Waals surface area contributed by atoms with Crippen LogP contribution in [0.1, 0.15) is 51.5 Å². The van der Waals surface area contributed by atoms with Gasteiger partial charge in [-0.05, 0) is 18.4 Å². The molecule has 0 aliphatic heterocycles. The first-order chi connectivity index (χ1) is 9.24. The van der Waals surface area contributed by atoms with Crippen molar-refractivity contribution in [3.8, 4) is 11.8 Å². The molecule has 0 amide bonds. The van der Waals surface area contributed by atoms with Crippen molar-refractivity contribution in [3.63, 3.8) is 0 Å². The van der Waals surface area contributed by atoms with Crippen LogP contribution in [-0.4, -0.2) is 0 Å². The van der Waals surface area contributed by atoms with E-state index in [1.54, 1.807) is 0 Å². The Morgan fingerprint density at radius 2 is 1.70 bits per heavy atom. The zero-order valence-electron chi connectivity index (χ0n) is 13.3. The van der Waals surface area contributed by atoms with Gasteiger partial charge in [0, 0.05) is 6.42 Å². The molecule has 1 atom stereocenters. The molecule has 1 rings (SSSR count). The average Bonchev–Trinajstić information content (AvgIpc) is 2.45. The Balaban J connectivity index is 0. The minimum Gasteiger partial charge on any atom is -0.343 e. The van der Waals surface area contributed by atoms with E-state index in [2.05, 4.69) is 63.8 Å². The van der Waals surface area contributed by atoms with E-state index >= 15 is 0 Å². The van der Waals surface area contributed by atoms with Crippen LogP contribution in [-0.2, 0) is 25.9 Å².